The van der Waals surface area contributed by atoms with Crippen molar-refractivity contribution in [3.8, 4) is 5.69 Å². The van der Waals surface area contributed by atoms with Crippen LogP contribution in [0.5, 0.6) is 0 Å². The van der Waals surface area contributed by atoms with Crippen LogP contribution in [0.25, 0.3) is 11.8 Å². The summed E-state index contributed by atoms with van der Waals surface area (Å²) < 4.78 is 15.2. The van der Waals surface area contributed by atoms with Gasteiger partial charge in [0.05, 0.1) is 5.69 Å². The van der Waals surface area contributed by atoms with E-state index in [-0.39, 0.29) is 11.4 Å². The number of hydrogen-bond acceptors (Lipinski definition) is 3. The number of rotatable bonds is 3. The third-order valence-electron chi connectivity index (χ3n) is 5.77. The van der Waals surface area contributed by atoms with E-state index in [9.17, 15) is 18.8 Å². The molecule has 32 heavy (non-hydrogen) atoms. The Morgan fingerprint density at radius 2 is 1.62 bits per heavy atom. The van der Waals surface area contributed by atoms with E-state index in [2.05, 4.69) is 5.32 Å². The van der Waals surface area contributed by atoms with Gasteiger partial charge in [0.1, 0.15) is 11.4 Å². The van der Waals surface area contributed by atoms with Gasteiger partial charge in [-0.05, 0) is 86.9 Å². The van der Waals surface area contributed by atoms with Gasteiger partial charge in [0.25, 0.3) is 11.8 Å². The molecule has 6 nitrogen and oxygen atoms in total. The third kappa shape index (κ3) is 3.51. The topological polar surface area (TPSA) is 71.4 Å². The number of aromatic nitrogens is 1. The minimum absolute atomic E-state index is 0.134. The second-order valence-corrected chi connectivity index (χ2v) is 7.82. The molecule has 0 radical (unpaired) electrons. The summed E-state index contributed by atoms with van der Waals surface area (Å²) in [6.45, 7) is 7.44. The number of benzene rings is 2. The van der Waals surface area contributed by atoms with Crippen LogP contribution < -0.4 is 10.2 Å². The normalized spacial score (nSPS) is 15.5. The summed E-state index contributed by atoms with van der Waals surface area (Å²) in [6.07, 6.45) is 1.49. The van der Waals surface area contributed by atoms with Crippen LogP contribution in [0.1, 0.15) is 28.1 Å². The van der Waals surface area contributed by atoms with Gasteiger partial charge >= 0.3 is 6.03 Å². The van der Waals surface area contributed by atoms with Gasteiger partial charge in [-0.15, -0.1) is 0 Å². The molecule has 2 heterocycles. The first-order chi connectivity index (χ1) is 15.2. The van der Waals surface area contributed by atoms with Crippen LogP contribution in [-0.2, 0) is 9.59 Å². The smallest absolute Gasteiger partial charge is 0.318 e. The van der Waals surface area contributed by atoms with E-state index in [1.165, 1.54) is 18.2 Å². The highest BCUT2D eigenvalue weighted by atomic mass is 19.1. The maximum atomic E-state index is 13.3. The molecule has 0 unspecified atom stereocenters. The van der Waals surface area contributed by atoms with Gasteiger partial charge in [-0.25, -0.2) is 14.1 Å². The average Bonchev–Trinajstić information content (AvgIpc) is 3.02. The zero-order chi connectivity index (χ0) is 23.2. The number of carbonyl (C=O) groups is 3. The van der Waals surface area contributed by atoms with Crippen molar-refractivity contribution in [1.82, 2.24) is 9.88 Å². The Morgan fingerprint density at radius 3 is 2.31 bits per heavy atom. The second kappa shape index (κ2) is 7.92. The highest BCUT2D eigenvalue weighted by Crippen LogP contribution is 2.28. The summed E-state index contributed by atoms with van der Waals surface area (Å²) in [5, 5.41) is 2.26. The Kier molecular flexibility index (Phi) is 5.26. The summed E-state index contributed by atoms with van der Waals surface area (Å²) in [4.78, 5) is 39.3. The number of nitrogens with one attached hydrogen (secondary N) is 1. The molecule has 1 N–H and O–H groups in total. The van der Waals surface area contributed by atoms with E-state index in [0.717, 1.165) is 33.1 Å². The number of anilines is 1. The largest absolute Gasteiger partial charge is 0.335 e. The van der Waals surface area contributed by atoms with E-state index < -0.39 is 17.8 Å². The number of aryl methyl sites for hydroxylation is 2. The van der Waals surface area contributed by atoms with Crippen molar-refractivity contribution in [2.45, 2.75) is 27.7 Å². The standard InChI is InChI=1S/C25H22FN3O3/c1-14-6-5-7-22(16(14)3)29-24(31)21(23(30)27-25(29)32)13-18-12-15(2)28(17(18)4)20-10-8-19(26)9-11-20/h5-13H,1-4H3,(H,27,30,32)/b21-13+. The lowest BCUT2D eigenvalue weighted by Crippen LogP contribution is -2.54. The number of amides is 4. The first kappa shape index (κ1) is 21.2. The number of halogens is 1. The van der Waals surface area contributed by atoms with Crippen LogP contribution in [0.2, 0.25) is 0 Å². The van der Waals surface area contributed by atoms with Gasteiger partial charge < -0.3 is 4.57 Å². The molecule has 1 aromatic heterocycles. The lowest BCUT2D eigenvalue weighted by atomic mass is 10.0. The number of imide groups is 2. The molecular weight excluding hydrogens is 409 g/mol. The Hall–Kier alpha value is -4.00. The summed E-state index contributed by atoms with van der Waals surface area (Å²) in [5.41, 5.74) is 5.04. The van der Waals surface area contributed by atoms with Crippen molar-refractivity contribution in [1.29, 1.82) is 0 Å². The van der Waals surface area contributed by atoms with Crippen molar-refractivity contribution in [2.75, 3.05) is 4.90 Å². The molecule has 1 aliphatic heterocycles. The summed E-state index contributed by atoms with van der Waals surface area (Å²) in [6, 6.07) is 12.4. The molecular formula is C25H22FN3O3. The highest BCUT2D eigenvalue weighted by Gasteiger charge is 2.37. The van der Waals surface area contributed by atoms with Crippen molar-refractivity contribution < 1.29 is 18.8 Å². The number of carbonyl (C=O) groups excluding carboxylic acids is 3. The first-order valence-corrected chi connectivity index (χ1v) is 10.1. The Labute approximate surface area is 185 Å². The molecule has 1 fully saturated rings. The minimum Gasteiger partial charge on any atom is -0.318 e. The fourth-order valence-electron chi connectivity index (χ4n) is 3.93. The van der Waals surface area contributed by atoms with E-state index in [4.69, 9.17) is 0 Å². The SMILES string of the molecule is Cc1cccc(N2C(=O)NC(=O)/C(=C\c3cc(C)n(-c4ccc(F)cc4)c3C)C2=O)c1C. The van der Waals surface area contributed by atoms with Crippen molar-refractivity contribution >= 4 is 29.6 Å². The maximum Gasteiger partial charge on any atom is 0.335 e. The third-order valence-corrected chi connectivity index (χ3v) is 5.77. The van der Waals surface area contributed by atoms with Crippen LogP contribution in [0.15, 0.2) is 54.1 Å². The van der Waals surface area contributed by atoms with Gasteiger partial charge in [-0.3, -0.25) is 14.9 Å². The van der Waals surface area contributed by atoms with Gasteiger partial charge in [0.15, 0.2) is 0 Å². The predicted molar refractivity (Wildman–Crippen MR) is 120 cm³/mol. The van der Waals surface area contributed by atoms with Gasteiger partial charge in [-0.1, -0.05) is 12.1 Å². The Balaban J connectivity index is 1.78. The Morgan fingerprint density at radius 1 is 0.938 bits per heavy atom. The fraction of sp³-hybridized carbons (Fsp3) is 0.160. The summed E-state index contributed by atoms with van der Waals surface area (Å²) in [7, 11) is 0. The molecule has 4 amide bonds. The zero-order valence-electron chi connectivity index (χ0n) is 18.2. The quantitative estimate of drug-likeness (QED) is 0.490. The zero-order valence-corrected chi connectivity index (χ0v) is 18.2. The van der Waals surface area contributed by atoms with Crippen molar-refractivity contribution in [3.05, 3.63) is 88.0 Å². The van der Waals surface area contributed by atoms with Gasteiger partial charge in [-0.2, -0.15) is 0 Å². The van der Waals surface area contributed by atoms with Crippen LogP contribution in [0, 0.1) is 33.5 Å². The van der Waals surface area contributed by atoms with Crippen LogP contribution in [0.4, 0.5) is 14.9 Å². The molecule has 0 spiro atoms. The Bertz CT molecular complexity index is 1300. The molecule has 1 saturated heterocycles. The first-order valence-electron chi connectivity index (χ1n) is 10.1. The van der Waals surface area contributed by atoms with E-state index in [0.29, 0.717) is 11.3 Å². The number of barbiturate groups is 1. The molecule has 7 heteroatoms. The molecule has 0 atom stereocenters. The number of urea groups is 1. The lowest BCUT2D eigenvalue weighted by molar-refractivity contribution is -0.122. The van der Waals surface area contributed by atoms with Crippen LogP contribution >= 0.6 is 0 Å². The highest BCUT2D eigenvalue weighted by molar-refractivity contribution is 6.39. The van der Waals surface area contributed by atoms with Gasteiger partial charge in [0, 0.05) is 17.1 Å². The minimum atomic E-state index is -0.775. The van der Waals surface area contributed by atoms with E-state index >= 15 is 0 Å². The number of nitrogens with zero attached hydrogens (tertiary/aromatic N) is 2. The van der Waals surface area contributed by atoms with Crippen LogP contribution in [0.3, 0.4) is 0 Å². The monoisotopic (exact) mass is 431 g/mol. The van der Waals surface area contributed by atoms with E-state index in [1.807, 2.05) is 44.4 Å². The average molecular weight is 431 g/mol. The predicted octanol–water partition coefficient (Wildman–Crippen LogP) is 4.52. The molecule has 4 rings (SSSR count). The summed E-state index contributed by atoms with van der Waals surface area (Å²) >= 11 is 0. The molecule has 162 valence electrons. The van der Waals surface area contributed by atoms with Crippen LogP contribution in [-0.4, -0.2) is 22.4 Å². The van der Waals surface area contributed by atoms with E-state index in [1.54, 1.807) is 24.3 Å². The molecule has 1 aliphatic rings. The molecule has 0 aliphatic carbocycles. The molecule has 0 bridgehead atoms. The van der Waals surface area contributed by atoms with Crippen molar-refractivity contribution in [2.24, 2.45) is 0 Å². The number of hydrogen-bond donors (Lipinski definition) is 1. The fourth-order valence-corrected chi connectivity index (χ4v) is 3.93. The summed E-state index contributed by atoms with van der Waals surface area (Å²) in [5.74, 6) is -1.76. The van der Waals surface area contributed by atoms with Crippen molar-refractivity contribution in [3.63, 3.8) is 0 Å². The van der Waals surface area contributed by atoms with Gasteiger partial charge in [0.2, 0.25) is 0 Å². The lowest BCUT2D eigenvalue weighted by Gasteiger charge is -2.28. The second-order valence-electron chi connectivity index (χ2n) is 7.82. The molecule has 3 aromatic rings. The molecule has 0 saturated carbocycles. The molecule has 2 aromatic carbocycles. The maximum absolute atomic E-state index is 13.3.